The second-order valence-electron chi connectivity index (χ2n) is 9.67. The maximum atomic E-state index is 13.1. The van der Waals surface area contributed by atoms with Crippen LogP contribution >= 0.6 is 19.4 Å². The van der Waals surface area contributed by atoms with Gasteiger partial charge in [0, 0.05) is 6.61 Å². The van der Waals surface area contributed by atoms with Gasteiger partial charge in [-0.3, -0.25) is 9.09 Å². The van der Waals surface area contributed by atoms with Crippen LogP contribution in [0.3, 0.4) is 0 Å². The largest absolute Gasteiger partial charge is 0.488 e. The number of rotatable bonds is 23. The van der Waals surface area contributed by atoms with Crippen molar-refractivity contribution in [3.8, 4) is 5.75 Å². The SMILES string of the molecule is CCCCCCSCCCCCCCC(Oc1ccccc1)C(C)OP(=O)(O)C(C)(OCCC)C(=O)O. The third-order valence-electron chi connectivity index (χ3n) is 6.31. The van der Waals surface area contributed by atoms with Crippen LogP contribution in [0.1, 0.15) is 98.3 Å². The van der Waals surface area contributed by atoms with E-state index in [1.54, 1.807) is 13.8 Å². The van der Waals surface area contributed by atoms with Crippen LogP contribution in [0.2, 0.25) is 0 Å². The van der Waals surface area contributed by atoms with E-state index in [1.165, 1.54) is 50.0 Å². The van der Waals surface area contributed by atoms with E-state index in [4.69, 9.17) is 14.0 Å². The molecule has 0 fully saturated rings. The van der Waals surface area contributed by atoms with Crippen molar-refractivity contribution in [2.24, 2.45) is 0 Å². The van der Waals surface area contributed by atoms with Crippen LogP contribution in [-0.2, 0) is 18.6 Å². The van der Waals surface area contributed by atoms with E-state index in [-0.39, 0.29) is 6.61 Å². The van der Waals surface area contributed by atoms with Crippen molar-refractivity contribution in [1.29, 1.82) is 0 Å². The number of carboxylic acids is 1. The van der Waals surface area contributed by atoms with Crippen molar-refractivity contribution in [3.63, 3.8) is 0 Å². The van der Waals surface area contributed by atoms with Crippen LogP contribution in [0, 0.1) is 0 Å². The molecule has 214 valence electrons. The molecule has 0 heterocycles. The molecule has 0 bridgehead atoms. The highest BCUT2D eigenvalue weighted by atomic mass is 32.2. The summed E-state index contributed by atoms with van der Waals surface area (Å²) in [5.74, 6) is 1.58. The van der Waals surface area contributed by atoms with Gasteiger partial charge in [0.15, 0.2) is 0 Å². The number of para-hydroxylation sites is 1. The monoisotopic (exact) mass is 560 g/mol. The third kappa shape index (κ3) is 13.0. The van der Waals surface area contributed by atoms with Crippen molar-refractivity contribution in [3.05, 3.63) is 30.3 Å². The summed E-state index contributed by atoms with van der Waals surface area (Å²) in [5.41, 5.74) is 0. The summed E-state index contributed by atoms with van der Waals surface area (Å²) in [7, 11) is -4.69. The average Bonchev–Trinajstić information content (AvgIpc) is 2.87. The zero-order valence-electron chi connectivity index (χ0n) is 23.2. The fraction of sp³-hybridized carbons (Fsp3) is 0.750. The van der Waals surface area contributed by atoms with Crippen LogP contribution in [-0.4, -0.2) is 51.6 Å². The molecule has 7 nitrogen and oxygen atoms in total. The number of hydrogen-bond acceptors (Lipinski definition) is 6. The number of carbonyl (C=O) groups is 1. The molecular weight excluding hydrogens is 511 g/mol. The maximum absolute atomic E-state index is 13.1. The summed E-state index contributed by atoms with van der Waals surface area (Å²) in [6, 6.07) is 9.25. The molecule has 4 atom stereocenters. The van der Waals surface area contributed by atoms with Crippen molar-refractivity contribution >= 4 is 25.3 Å². The number of unbranched alkanes of at least 4 members (excludes halogenated alkanes) is 7. The van der Waals surface area contributed by atoms with Gasteiger partial charge in [-0.1, -0.05) is 70.6 Å². The smallest absolute Gasteiger partial charge is 0.371 e. The number of thioether (sulfide) groups is 1. The first-order valence-corrected chi connectivity index (χ1v) is 16.6. The molecule has 0 aliphatic heterocycles. The molecule has 1 aromatic carbocycles. The molecule has 1 aromatic rings. The lowest BCUT2D eigenvalue weighted by molar-refractivity contribution is -0.155. The fourth-order valence-electron chi connectivity index (χ4n) is 3.84. The van der Waals surface area contributed by atoms with Crippen LogP contribution in [0.4, 0.5) is 0 Å². The topological polar surface area (TPSA) is 102 Å². The van der Waals surface area contributed by atoms with Gasteiger partial charge in [0.25, 0.3) is 5.34 Å². The Hall–Kier alpha value is -1.05. The molecule has 1 rings (SSSR count). The predicted molar refractivity (Wildman–Crippen MR) is 153 cm³/mol. The Morgan fingerprint density at radius 1 is 0.973 bits per heavy atom. The fourth-order valence-corrected chi connectivity index (χ4v) is 6.14. The second kappa shape index (κ2) is 19.1. The van der Waals surface area contributed by atoms with Crippen LogP contribution < -0.4 is 4.74 Å². The molecule has 0 saturated heterocycles. The maximum Gasteiger partial charge on any atom is 0.371 e. The molecule has 0 amide bonds. The Bertz CT molecular complexity index is 779. The first kappa shape index (κ1) is 34.0. The standard InChI is InChI=1S/C28H49O7PS/c1-5-7-8-16-22-37-23-17-11-9-10-15-20-26(34-25-18-13-12-14-19-25)24(3)35-36(31,32)28(4,27(29)30)33-21-6-2/h12-14,18-19,24,26H,5-11,15-17,20-23H2,1-4H3,(H,29,30)(H,31,32). The summed E-state index contributed by atoms with van der Waals surface area (Å²) >= 11 is 2.05. The first-order chi connectivity index (χ1) is 17.7. The van der Waals surface area contributed by atoms with Crippen molar-refractivity contribution in [2.45, 2.75) is 116 Å². The number of hydrogen-bond donors (Lipinski definition) is 2. The lowest BCUT2D eigenvalue weighted by atomic mass is 10.1. The van der Waals surface area contributed by atoms with E-state index in [0.29, 0.717) is 18.6 Å². The van der Waals surface area contributed by atoms with Gasteiger partial charge in [-0.25, -0.2) is 4.79 Å². The molecule has 0 aromatic heterocycles. The number of benzene rings is 1. The Kier molecular flexibility index (Phi) is 17.5. The minimum Gasteiger partial charge on any atom is -0.488 e. The highest BCUT2D eigenvalue weighted by molar-refractivity contribution is 7.99. The summed E-state index contributed by atoms with van der Waals surface area (Å²) in [6.45, 7) is 6.81. The Balaban J connectivity index is 2.60. The van der Waals surface area contributed by atoms with Crippen molar-refractivity contribution in [2.75, 3.05) is 18.1 Å². The molecule has 0 spiro atoms. The van der Waals surface area contributed by atoms with Gasteiger partial charge in [-0.05, 0) is 69.6 Å². The van der Waals surface area contributed by atoms with Crippen LogP contribution in [0.15, 0.2) is 30.3 Å². The molecule has 4 unspecified atom stereocenters. The summed E-state index contributed by atoms with van der Waals surface area (Å²) in [5, 5.41) is 7.29. The van der Waals surface area contributed by atoms with E-state index in [2.05, 4.69) is 18.7 Å². The number of ether oxygens (including phenoxy) is 2. The Morgan fingerprint density at radius 3 is 2.16 bits per heavy atom. The average molecular weight is 561 g/mol. The quantitative estimate of drug-likeness (QED) is 0.103. The zero-order chi connectivity index (χ0) is 27.6. The van der Waals surface area contributed by atoms with Gasteiger partial charge in [0.2, 0.25) is 0 Å². The molecular formula is C28H49O7PS. The normalized spacial score (nSPS) is 16.5. The molecule has 0 aliphatic rings. The minimum atomic E-state index is -4.69. The lowest BCUT2D eigenvalue weighted by Crippen LogP contribution is -2.41. The van der Waals surface area contributed by atoms with Gasteiger partial charge in [-0.2, -0.15) is 11.8 Å². The predicted octanol–water partition coefficient (Wildman–Crippen LogP) is 7.91. The third-order valence-corrected chi connectivity index (χ3v) is 9.48. The molecule has 2 N–H and O–H groups in total. The van der Waals surface area contributed by atoms with Gasteiger partial charge in [-0.15, -0.1) is 0 Å². The van der Waals surface area contributed by atoms with Crippen molar-refractivity contribution in [1.82, 2.24) is 0 Å². The Labute approximate surface area is 228 Å². The molecule has 0 saturated carbocycles. The second-order valence-corrected chi connectivity index (χ2v) is 13.0. The van der Waals surface area contributed by atoms with Gasteiger partial charge >= 0.3 is 13.6 Å². The summed E-state index contributed by atoms with van der Waals surface area (Å²) in [6.07, 6.45) is 10.5. The van der Waals surface area contributed by atoms with E-state index in [9.17, 15) is 19.4 Å². The highest BCUT2D eigenvalue weighted by Gasteiger charge is 2.54. The molecule has 0 aliphatic carbocycles. The van der Waals surface area contributed by atoms with E-state index in [1.807, 2.05) is 30.3 Å². The molecule has 37 heavy (non-hydrogen) atoms. The summed E-state index contributed by atoms with van der Waals surface area (Å²) in [4.78, 5) is 22.5. The van der Waals surface area contributed by atoms with Crippen LogP contribution in [0.25, 0.3) is 0 Å². The zero-order valence-corrected chi connectivity index (χ0v) is 24.9. The van der Waals surface area contributed by atoms with E-state index in [0.717, 1.165) is 26.2 Å². The van der Waals surface area contributed by atoms with E-state index < -0.39 is 31.1 Å². The Morgan fingerprint density at radius 2 is 1.57 bits per heavy atom. The van der Waals surface area contributed by atoms with Gasteiger partial charge < -0.3 is 19.5 Å². The van der Waals surface area contributed by atoms with Gasteiger partial charge in [0.1, 0.15) is 18.0 Å². The first-order valence-electron chi connectivity index (χ1n) is 13.9. The van der Waals surface area contributed by atoms with Crippen molar-refractivity contribution < 1.29 is 33.4 Å². The molecule has 9 heteroatoms. The van der Waals surface area contributed by atoms with Gasteiger partial charge in [0.05, 0.1) is 0 Å². The molecule has 0 radical (unpaired) electrons. The highest BCUT2D eigenvalue weighted by Crippen LogP contribution is 2.57. The van der Waals surface area contributed by atoms with Crippen LogP contribution in [0.5, 0.6) is 5.75 Å². The summed E-state index contributed by atoms with van der Waals surface area (Å²) < 4.78 is 30.1. The number of carboxylic acid groups (broad SMARTS) is 1. The van der Waals surface area contributed by atoms with E-state index >= 15 is 0 Å². The minimum absolute atomic E-state index is 0.0341. The number of aliphatic carboxylic acids is 1. The lowest BCUT2D eigenvalue weighted by Gasteiger charge is -2.33.